The number of aryl methyl sites for hydroxylation is 2. The van der Waals surface area contributed by atoms with Crippen molar-refractivity contribution in [1.29, 1.82) is 0 Å². The van der Waals surface area contributed by atoms with E-state index in [1.807, 2.05) is 37.4 Å². The van der Waals surface area contributed by atoms with E-state index >= 15 is 0 Å². The Morgan fingerprint density at radius 3 is 2.72 bits per heavy atom. The molecule has 1 aliphatic heterocycles. The number of aliphatic hydroxyl groups is 1. The SMILES string of the molecule is Cc1cc(-c2nc3cc(CNC(C(=O)OC(C)C)C(C)O)ccc3n2CC2CCOC2)cn(C)c1=O. The number of imidazole rings is 1. The zero-order valence-electron chi connectivity index (χ0n) is 21.7. The van der Waals surface area contributed by atoms with Gasteiger partial charge in [0.1, 0.15) is 11.9 Å². The minimum atomic E-state index is -0.896. The maximum absolute atomic E-state index is 12.4. The molecule has 1 saturated heterocycles. The third kappa shape index (κ3) is 5.69. The molecule has 3 aromatic rings. The Labute approximate surface area is 211 Å². The number of fused-ring (bicyclic) bond motifs is 1. The van der Waals surface area contributed by atoms with Gasteiger partial charge in [0.2, 0.25) is 0 Å². The molecule has 3 unspecified atom stereocenters. The fraction of sp³-hybridized carbons (Fsp3) is 0.519. The minimum Gasteiger partial charge on any atom is -0.462 e. The van der Waals surface area contributed by atoms with Gasteiger partial charge in [0.25, 0.3) is 5.56 Å². The summed E-state index contributed by atoms with van der Waals surface area (Å²) in [4.78, 5) is 29.6. The Bertz CT molecular complexity index is 1260. The van der Waals surface area contributed by atoms with Crippen LogP contribution in [0, 0.1) is 12.8 Å². The first-order chi connectivity index (χ1) is 17.1. The predicted molar refractivity (Wildman–Crippen MR) is 138 cm³/mol. The Hall–Kier alpha value is -3.01. The van der Waals surface area contributed by atoms with E-state index < -0.39 is 18.1 Å². The van der Waals surface area contributed by atoms with Gasteiger partial charge in [-0.05, 0) is 57.9 Å². The largest absolute Gasteiger partial charge is 0.462 e. The fourth-order valence-corrected chi connectivity index (χ4v) is 4.66. The molecule has 3 heterocycles. The third-order valence-electron chi connectivity index (χ3n) is 6.51. The number of esters is 1. The van der Waals surface area contributed by atoms with Crippen LogP contribution in [-0.2, 0) is 34.4 Å². The van der Waals surface area contributed by atoms with Gasteiger partial charge in [-0.2, -0.15) is 0 Å². The summed E-state index contributed by atoms with van der Waals surface area (Å²) >= 11 is 0. The van der Waals surface area contributed by atoms with Gasteiger partial charge in [-0.25, -0.2) is 4.98 Å². The van der Waals surface area contributed by atoms with Crippen molar-refractivity contribution in [3.8, 4) is 11.4 Å². The highest BCUT2D eigenvalue weighted by Crippen LogP contribution is 2.28. The normalized spacial score (nSPS) is 17.6. The van der Waals surface area contributed by atoms with E-state index in [1.165, 1.54) is 0 Å². The maximum atomic E-state index is 12.4. The number of hydrogen-bond donors (Lipinski definition) is 2. The monoisotopic (exact) mass is 496 g/mol. The van der Waals surface area contributed by atoms with Crippen LogP contribution < -0.4 is 10.9 Å². The number of nitrogens with one attached hydrogen (secondary N) is 1. The van der Waals surface area contributed by atoms with E-state index in [4.69, 9.17) is 14.5 Å². The molecule has 2 N–H and O–H groups in total. The first kappa shape index (κ1) is 26.1. The van der Waals surface area contributed by atoms with Crippen LogP contribution in [-0.4, -0.2) is 56.7 Å². The number of carbonyl (C=O) groups is 1. The van der Waals surface area contributed by atoms with Crippen molar-refractivity contribution in [2.75, 3.05) is 13.2 Å². The second-order valence-electron chi connectivity index (χ2n) is 10.0. The van der Waals surface area contributed by atoms with E-state index in [9.17, 15) is 14.7 Å². The summed E-state index contributed by atoms with van der Waals surface area (Å²) in [6.45, 7) is 9.58. The summed E-state index contributed by atoms with van der Waals surface area (Å²) in [5.74, 6) is 0.731. The summed E-state index contributed by atoms with van der Waals surface area (Å²) in [5.41, 5.74) is 4.28. The zero-order chi connectivity index (χ0) is 26.0. The van der Waals surface area contributed by atoms with Gasteiger partial charge < -0.3 is 23.7 Å². The van der Waals surface area contributed by atoms with Crippen LogP contribution in [0.25, 0.3) is 22.4 Å². The Kier molecular flexibility index (Phi) is 7.92. The van der Waals surface area contributed by atoms with Crippen molar-refractivity contribution in [2.24, 2.45) is 13.0 Å². The van der Waals surface area contributed by atoms with Gasteiger partial charge in [0.05, 0.1) is 29.8 Å². The number of hydrogen-bond acceptors (Lipinski definition) is 7. The summed E-state index contributed by atoms with van der Waals surface area (Å²) in [6, 6.07) is 7.10. The van der Waals surface area contributed by atoms with Crippen LogP contribution in [0.3, 0.4) is 0 Å². The van der Waals surface area contributed by atoms with Crippen molar-refractivity contribution in [1.82, 2.24) is 19.4 Å². The number of aromatic nitrogens is 3. The maximum Gasteiger partial charge on any atom is 0.326 e. The molecule has 0 amide bonds. The van der Waals surface area contributed by atoms with Gasteiger partial charge in [0.15, 0.2) is 0 Å². The molecule has 1 fully saturated rings. The number of rotatable bonds is 9. The first-order valence-electron chi connectivity index (χ1n) is 12.5. The molecule has 194 valence electrons. The molecular formula is C27H36N4O5. The number of carbonyl (C=O) groups excluding carboxylic acids is 1. The quantitative estimate of drug-likeness (QED) is 0.439. The number of ether oxygens (including phenoxy) is 2. The lowest BCUT2D eigenvalue weighted by Gasteiger charge is -2.21. The molecule has 0 saturated carbocycles. The second-order valence-corrected chi connectivity index (χ2v) is 10.0. The van der Waals surface area contributed by atoms with E-state index in [-0.39, 0.29) is 11.7 Å². The molecule has 9 heteroatoms. The molecule has 1 aliphatic rings. The summed E-state index contributed by atoms with van der Waals surface area (Å²) in [7, 11) is 1.75. The van der Waals surface area contributed by atoms with Gasteiger partial charge in [0, 0.05) is 50.0 Å². The van der Waals surface area contributed by atoms with Crippen LogP contribution in [0.5, 0.6) is 0 Å². The minimum absolute atomic E-state index is 0.0253. The Morgan fingerprint density at radius 2 is 2.08 bits per heavy atom. The van der Waals surface area contributed by atoms with Crippen LogP contribution in [0.15, 0.2) is 35.3 Å². The number of aliphatic hydroxyl groups excluding tert-OH is 1. The Morgan fingerprint density at radius 1 is 1.31 bits per heavy atom. The molecule has 4 rings (SSSR count). The molecule has 2 aromatic heterocycles. The molecule has 9 nitrogen and oxygen atoms in total. The smallest absolute Gasteiger partial charge is 0.326 e. The van der Waals surface area contributed by atoms with Crippen LogP contribution in [0.2, 0.25) is 0 Å². The van der Waals surface area contributed by atoms with E-state index in [2.05, 4.69) is 9.88 Å². The molecule has 0 bridgehead atoms. The van der Waals surface area contributed by atoms with Gasteiger partial charge in [-0.1, -0.05) is 6.07 Å². The second kappa shape index (κ2) is 10.9. The zero-order valence-corrected chi connectivity index (χ0v) is 21.7. The number of pyridine rings is 1. The topological polar surface area (TPSA) is 108 Å². The molecule has 0 aliphatic carbocycles. The van der Waals surface area contributed by atoms with Crippen LogP contribution in [0.4, 0.5) is 0 Å². The predicted octanol–water partition coefficient (Wildman–Crippen LogP) is 2.54. The van der Waals surface area contributed by atoms with Gasteiger partial charge in [-0.3, -0.25) is 14.9 Å². The van der Waals surface area contributed by atoms with E-state index in [0.29, 0.717) is 18.0 Å². The van der Waals surface area contributed by atoms with Crippen molar-refractivity contribution in [3.63, 3.8) is 0 Å². The van der Waals surface area contributed by atoms with Gasteiger partial charge in [-0.15, -0.1) is 0 Å². The fourth-order valence-electron chi connectivity index (χ4n) is 4.66. The lowest BCUT2D eigenvalue weighted by Crippen LogP contribution is -2.46. The lowest BCUT2D eigenvalue weighted by molar-refractivity contribution is -0.152. The van der Waals surface area contributed by atoms with E-state index in [1.54, 1.807) is 32.4 Å². The summed E-state index contributed by atoms with van der Waals surface area (Å²) in [6.07, 6.45) is 1.67. The highest BCUT2D eigenvalue weighted by molar-refractivity contribution is 5.81. The molecule has 3 atom stereocenters. The lowest BCUT2D eigenvalue weighted by atomic mass is 10.1. The van der Waals surface area contributed by atoms with Crippen LogP contribution in [0.1, 0.15) is 38.3 Å². The highest BCUT2D eigenvalue weighted by Gasteiger charge is 2.26. The van der Waals surface area contributed by atoms with Gasteiger partial charge >= 0.3 is 5.97 Å². The average Bonchev–Trinajstić information content (AvgIpc) is 3.45. The number of nitrogens with zero attached hydrogens (tertiary/aromatic N) is 3. The molecule has 0 spiro atoms. The highest BCUT2D eigenvalue weighted by atomic mass is 16.5. The van der Waals surface area contributed by atoms with Crippen molar-refractivity contribution in [3.05, 3.63) is 51.9 Å². The molecule has 0 radical (unpaired) electrons. The number of benzene rings is 1. The average molecular weight is 497 g/mol. The summed E-state index contributed by atoms with van der Waals surface area (Å²) in [5, 5.41) is 13.2. The van der Waals surface area contributed by atoms with Crippen molar-refractivity contribution < 1.29 is 19.4 Å². The molecular weight excluding hydrogens is 460 g/mol. The standard InChI is InChI=1S/C27H36N4O5/c1-16(2)36-27(34)24(18(4)32)28-12-19-6-7-23-22(11-19)29-25(31(23)13-20-8-9-35-15-20)21-10-17(3)26(33)30(5)14-21/h6-7,10-11,14,16,18,20,24,28,32H,8-9,12-13,15H2,1-5H3. The first-order valence-corrected chi connectivity index (χ1v) is 12.5. The van der Waals surface area contributed by atoms with Crippen molar-refractivity contribution >= 4 is 17.0 Å². The third-order valence-corrected chi connectivity index (χ3v) is 6.51. The Balaban J connectivity index is 1.67. The summed E-state index contributed by atoms with van der Waals surface area (Å²) < 4.78 is 14.7. The molecule has 36 heavy (non-hydrogen) atoms. The van der Waals surface area contributed by atoms with Crippen LogP contribution >= 0.6 is 0 Å². The molecule has 1 aromatic carbocycles. The van der Waals surface area contributed by atoms with E-state index in [0.717, 1.165) is 54.2 Å². The van der Waals surface area contributed by atoms with Crippen molar-refractivity contribution in [2.45, 2.75) is 65.5 Å².